The molecular formula is C9H11F2N. The quantitative estimate of drug-likeness (QED) is 0.724. The lowest BCUT2D eigenvalue weighted by atomic mass is 9.94. The maximum absolute atomic E-state index is 12.4. The molecule has 1 aromatic carbocycles. The summed E-state index contributed by atoms with van der Waals surface area (Å²) in [5, 5.41) is 0. The molecular weight excluding hydrogens is 160 g/mol. The molecule has 0 aromatic heterocycles. The highest BCUT2D eigenvalue weighted by Gasteiger charge is 2.31. The first kappa shape index (κ1) is 9.13. The molecule has 0 aliphatic carbocycles. The summed E-state index contributed by atoms with van der Waals surface area (Å²) in [7, 11) is 0. The molecule has 12 heavy (non-hydrogen) atoms. The minimum Gasteiger partial charge on any atom is -0.317 e. The van der Waals surface area contributed by atoms with E-state index in [1.165, 1.54) is 6.92 Å². The lowest BCUT2D eigenvalue weighted by Gasteiger charge is -2.23. The third-order valence-electron chi connectivity index (χ3n) is 1.85. The second kappa shape index (κ2) is 3.19. The largest absolute Gasteiger partial charge is 0.317 e. The standard InChI is InChI=1S/C9H11F2N/c1-9(12,8(10)11)7-5-3-2-4-6-7/h2-6,8H,12H2,1H3/t9-/m1/s1. The van der Waals surface area contributed by atoms with Crippen LogP contribution in [0, 0.1) is 0 Å². The minimum atomic E-state index is -2.54. The molecule has 0 bridgehead atoms. The van der Waals surface area contributed by atoms with Crippen molar-refractivity contribution in [2.24, 2.45) is 5.73 Å². The fourth-order valence-electron chi connectivity index (χ4n) is 0.923. The van der Waals surface area contributed by atoms with Gasteiger partial charge in [-0.3, -0.25) is 0 Å². The molecule has 0 amide bonds. The molecule has 0 unspecified atom stereocenters. The molecule has 0 heterocycles. The Labute approximate surface area is 70.2 Å². The smallest absolute Gasteiger partial charge is 0.260 e. The molecule has 1 atom stereocenters. The van der Waals surface area contributed by atoms with Crippen LogP contribution < -0.4 is 5.73 Å². The minimum absolute atomic E-state index is 0.458. The summed E-state index contributed by atoms with van der Waals surface area (Å²) in [5.41, 5.74) is 4.35. The summed E-state index contributed by atoms with van der Waals surface area (Å²) in [5.74, 6) is 0. The summed E-state index contributed by atoms with van der Waals surface area (Å²) >= 11 is 0. The van der Waals surface area contributed by atoms with Gasteiger partial charge in [0.15, 0.2) is 0 Å². The van der Waals surface area contributed by atoms with Gasteiger partial charge in [0.2, 0.25) is 0 Å². The summed E-state index contributed by atoms with van der Waals surface area (Å²) in [6, 6.07) is 8.37. The van der Waals surface area contributed by atoms with Crippen molar-refractivity contribution in [3.8, 4) is 0 Å². The Morgan fingerprint density at radius 2 is 1.75 bits per heavy atom. The molecule has 0 aliphatic heterocycles. The molecule has 1 aromatic rings. The predicted molar refractivity (Wildman–Crippen MR) is 44.0 cm³/mol. The van der Waals surface area contributed by atoms with E-state index in [9.17, 15) is 8.78 Å². The van der Waals surface area contributed by atoms with Crippen molar-refractivity contribution in [1.82, 2.24) is 0 Å². The van der Waals surface area contributed by atoms with Gasteiger partial charge in [0.1, 0.15) is 0 Å². The lowest BCUT2D eigenvalue weighted by Crippen LogP contribution is -2.40. The molecule has 1 nitrogen and oxygen atoms in total. The van der Waals surface area contributed by atoms with Gasteiger partial charge in [-0.05, 0) is 12.5 Å². The number of hydrogen-bond donors (Lipinski definition) is 1. The monoisotopic (exact) mass is 171 g/mol. The van der Waals surface area contributed by atoms with E-state index < -0.39 is 12.0 Å². The van der Waals surface area contributed by atoms with Gasteiger partial charge in [0.25, 0.3) is 6.43 Å². The fourth-order valence-corrected chi connectivity index (χ4v) is 0.923. The van der Waals surface area contributed by atoms with E-state index in [2.05, 4.69) is 0 Å². The van der Waals surface area contributed by atoms with Crippen molar-refractivity contribution in [1.29, 1.82) is 0 Å². The summed E-state index contributed by atoms with van der Waals surface area (Å²) in [6.07, 6.45) is -2.54. The molecule has 0 aliphatic rings. The Kier molecular flexibility index (Phi) is 2.43. The van der Waals surface area contributed by atoms with Crippen LogP contribution in [0.3, 0.4) is 0 Å². The van der Waals surface area contributed by atoms with Crippen LogP contribution >= 0.6 is 0 Å². The van der Waals surface area contributed by atoms with Crippen LogP contribution in [0.5, 0.6) is 0 Å². The van der Waals surface area contributed by atoms with Gasteiger partial charge in [-0.25, -0.2) is 8.78 Å². The van der Waals surface area contributed by atoms with Crippen molar-refractivity contribution < 1.29 is 8.78 Å². The predicted octanol–water partition coefficient (Wildman–Crippen LogP) is 2.13. The molecule has 0 spiro atoms. The van der Waals surface area contributed by atoms with E-state index in [1.807, 2.05) is 0 Å². The second-order valence-electron chi connectivity index (χ2n) is 2.95. The van der Waals surface area contributed by atoms with Gasteiger partial charge in [0.05, 0.1) is 5.54 Å². The molecule has 0 saturated heterocycles. The zero-order valence-corrected chi connectivity index (χ0v) is 6.80. The number of benzene rings is 1. The zero-order chi connectivity index (χ0) is 9.19. The first-order valence-electron chi connectivity index (χ1n) is 3.67. The van der Waals surface area contributed by atoms with E-state index in [-0.39, 0.29) is 0 Å². The number of rotatable bonds is 2. The van der Waals surface area contributed by atoms with Crippen LogP contribution in [-0.2, 0) is 5.54 Å². The van der Waals surface area contributed by atoms with Gasteiger partial charge in [-0.2, -0.15) is 0 Å². The van der Waals surface area contributed by atoms with E-state index in [0.29, 0.717) is 5.56 Å². The normalized spacial score (nSPS) is 16.1. The van der Waals surface area contributed by atoms with E-state index in [0.717, 1.165) is 0 Å². The average Bonchev–Trinajstić information content (AvgIpc) is 2.06. The third-order valence-corrected chi connectivity index (χ3v) is 1.85. The maximum atomic E-state index is 12.4. The van der Waals surface area contributed by atoms with E-state index >= 15 is 0 Å². The molecule has 0 saturated carbocycles. The van der Waals surface area contributed by atoms with Crippen molar-refractivity contribution in [2.75, 3.05) is 0 Å². The Balaban J connectivity index is 2.98. The number of halogens is 2. The van der Waals surface area contributed by atoms with E-state index in [1.54, 1.807) is 30.3 Å². The molecule has 1 rings (SSSR count). The van der Waals surface area contributed by atoms with Crippen LogP contribution in [0.2, 0.25) is 0 Å². The van der Waals surface area contributed by atoms with Crippen LogP contribution in [-0.4, -0.2) is 6.43 Å². The van der Waals surface area contributed by atoms with Gasteiger partial charge < -0.3 is 5.73 Å². The Hall–Kier alpha value is -0.960. The highest BCUT2D eigenvalue weighted by molar-refractivity contribution is 5.23. The van der Waals surface area contributed by atoms with Crippen LogP contribution in [0.4, 0.5) is 8.78 Å². The number of hydrogen-bond acceptors (Lipinski definition) is 1. The first-order chi connectivity index (χ1) is 5.55. The second-order valence-corrected chi connectivity index (χ2v) is 2.95. The molecule has 66 valence electrons. The van der Waals surface area contributed by atoms with Gasteiger partial charge in [-0.1, -0.05) is 30.3 Å². The third kappa shape index (κ3) is 1.61. The first-order valence-corrected chi connectivity index (χ1v) is 3.67. The van der Waals surface area contributed by atoms with Crippen LogP contribution in [0.15, 0.2) is 30.3 Å². The van der Waals surface area contributed by atoms with Gasteiger partial charge >= 0.3 is 0 Å². The van der Waals surface area contributed by atoms with Crippen molar-refractivity contribution >= 4 is 0 Å². The SMILES string of the molecule is C[C@@](N)(c1ccccc1)C(F)F. The molecule has 3 heteroatoms. The zero-order valence-electron chi connectivity index (χ0n) is 6.80. The molecule has 0 radical (unpaired) electrons. The Bertz CT molecular complexity index is 244. The van der Waals surface area contributed by atoms with Crippen molar-refractivity contribution in [2.45, 2.75) is 18.9 Å². The van der Waals surface area contributed by atoms with Crippen LogP contribution in [0.1, 0.15) is 12.5 Å². The number of alkyl halides is 2. The maximum Gasteiger partial charge on any atom is 0.260 e. The number of nitrogens with two attached hydrogens (primary N) is 1. The van der Waals surface area contributed by atoms with Crippen molar-refractivity contribution in [3.63, 3.8) is 0 Å². The topological polar surface area (TPSA) is 26.0 Å². The van der Waals surface area contributed by atoms with Gasteiger partial charge in [-0.15, -0.1) is 0 Å². The molecule has 2 N–H and O–H groups in total. The average molecular weight is 171 g/mol. The van der Waals surface area contributed by atoms with Gasteiger partial charge in [0, 0.05) is 0 Å². The summed E-state index contributed by atoms with van der Waals surface area (Å²) < 4.78 is 24.7. The molecule has 0 fully saturated rings. The van der Waals surface area contributed by atoms with Crippen LogP contribution in [0.25, 0.3) is 0 Å². The van der Waals surface area contributed by atoms with E-state index in [4.69, 9.17) is 5.73 Å². The summed E-state index contributed by atoms with van der Waals surface area (Å²) in [4.78, 5) is 0. The highest BCUT2D eigenvalue weighted by Crippen LogP contribution is 2.24. The van der Waals surface area contributed by atoms with Crippen molar-refractivity contribution in [3.05, 3.63) is 35.9 Å². The lowest BCUT2D eigenvalue weighted by molar-refractivity contribution is 0.0625. The Morgan fingerprint density at radius 3 is 2.17 bits per heavy atom. The highest BCUT2D eigenvalue weighted by atomic mass is 19.3. The fraction of sp³-hybridized carbons (Fsp3) is 0.333. The Morgan fingerprint density at radius 1 is 1.25 bits per heavy atom. The summed E-state index contributed by atoms with van der Waals surface area (Å²) in [6.45, 7) is 1.33.